The molecule has 0 fully saturated rings. The summed E-state index contributed by atoms with van der Waals surface area (Å²) in [5, 5.41) is 11.2. The van der Waals surface area contributed by atoms with E-state index in [1.54, 1.807) is 18.5 Å². The molecule has 2 heterocycles. The predicted octanol–water partition coefficient (Wildman–Crippen LogP) is 0.277. The second kappa shape index (κ2) is 8.03. The summed E-state index contributed by atoms with van der Waals surface area (Å²) in [6.45, 7) is 0.945. The molecule has 0 aliphatic heterocycles. The van der Waals surface area contributed by atoms with Gasteiger partial charge in [0.2, 0.25) is 0 Å². The summed E-state index contributed by atoms with van der Waals surface area (Å²) in [6, 6.07) is 3.65. The van der Waals surface area contributed by atoms with Crippen LogP contribution in [0.15, 0.2) is 36.9 Å². The van der Waals surface area contributed by atoms with Crippen LogP contribution in [0.5, 0.6) is 0 Å². The van der Waals surface area contributed by atoms with Gasteiger partial charge < -0.3 is 15.2 Å². The van der Waals surface area contributed by atoms with Crippen LogP contribution < -0.4 is 5.32 Å². The Morgan fingerprint density at radius 2 is 2.05 bits per heavy atom. The third-order valence-corrected chi connectivity index (χ3v) is 2.60. The Kier molecular flexibility index (Phi) is 5.74. The van der Waals surface area contributed by atoms with E-state index in [4.69, 9.17) is 9.84 Å². The Hall–Kier alpha value is -2.38. The van der Waals surface area contributed by atoms with Crippen molar-refractivity contribution >= 4 is 5.91 Å². The highest BCUT2D eigenvalue weighted by Gasteiger charge is 2.07. The Labute approximate surface area is 122 Å². The number of nitrogens with zero attached hydrogens (tertiary/aromatic N) is 3. The zero-order chi connectivity index (χ0) is 14.9. The Morgan fingerprint density at radius 3 is 2.71 bits per heavy atom. The quantitative estimate of drug-likeness (QED) is 0.710. The molecule has 0 aromatic carbocycles. The number of nitrogens with one attached hydrogen (secondary N) is 1. The van der Waals surface area contributed by atoms with Gasteiger partial charge in [-0.1, -0.05) is 0 Å². The molecule has 21 heavy (non-hydrogen) atoms. The summed E-state index contributed by atoms with van der Waals surface area (Å²) < 4.78 is 5.04. The maximum Gasteiger partial charge on any atom is 0.254 e. The van der Waals surface area contributed by atoms with Crippen molar-refractivity contribution in [2.75, 3.05) is 26.4 Å². The van der Waals surface area contributed by atoms with Crippen LogP contribution in [0.25, 0.3) is 11.4 Å². The Morgan fingerprint density at radius 1 is 1.24 bits per heavy atom. The Bertz CT molecular complexity index is 560. The van der Waals surface area contributed by atoms with Gasteiger partial charge in [-0.2, -0.15) is 0 Å². The van der Waals surface area contributed by atoms with Gasteiger partial charge in [0, 0.05) is 36.9 Å². The second-order valence-electron chi connectivity index (χ2n) is 4.13. The van der Waals surface area contributed by atoms with Crippen LogP contribution in [0.1, 0.15) is 10.4 Å². The van der Waals surface area contributed by atoms with E-state index in [-0.39, 0.29) is 19.1 Å². The van der Waals surface area contributed by atoms with Gasteiger partial charge in [-0.15, -0.1) is 0 Å². The lowest BCUT2D eigenvalue weighted by molar-refractivity contribution is 0.0837. The average molecular weight is 288 g/mol. The largest absolute Gasteiger partial charge is 0.394 e. The molecule has 2 N–H and O–H groups in total. The zero-order valence-electron chi connectivity index (χ0n) is 11.4. The maximum absolute atomic E-state index is 11.8. The molecule has 2 aromatic heterocycles. The molecule has 0 bridgehead atoms. The number of ether oxygens (including phenoxy) is 1. The van der Waals surface area contributed by atoms with Crippen LogP contribution in [0.4, 0.5) is 0 Å². The van der Waals surface area contributed by atoms with Crippen LogP contribution in [-0.2, 0) is 4.74 Å². The fourth-order valence-corrected chi connectivity index (χ4v) is 1.59. The van der Waals surface area contributed by atoms with Crippen LogP contribution in [-0.4, -0.2) is 52.3 Å². The van der Waals surface area contributed by atoms with Crippen LogP contribution in [0.3, 0.4) is 0 Å². The van der Waals surface area contributed by atoms with Gasteiger partial charge in [-0.3, -0.25) is 9.78 Å². The topological polar surface area (TPSA) is 97.2 Å². The number of carbonyl (C=O) groups excluding carboxylic acids is 1. The highest BCUT2D eigenvalue weighted by Crippen LogP contribution is 2.11. The maximum atomic E-state index is 11.8. The zero-order valence-corrected chi connectivity index (χ0v) is 11.4. The molecule has 0 atom stereocenters. The minimum Gasteiger partial charge on any atom is -0.394 e. The smallest absolute Gasteiger partial charge is 0.254 e. The second-order valence-corrected chi connectivity index (χ2v) is 4.13. The van der Waals surface area contributed by atoms with E-state index in [2.05, 4.69) is 20.3 Å². The fraction of sp³-hybridized carbons (Fsp3) is 0.286. The van der Waals surface area contributed by atoms with Crippen LogP contribution >= 0.6 is 0 Å². The van der Waals surface area contributed by atoms with Gasteiger partial charge in [-0.05, 0) is 12.1 Å². The molecule has 0 saturated carbocycles. The Balaban J connectivity index is 1.88. The molecule has 0 spiro atoms. The summed E-state index contributed by atoms with van der Waals surface area (Å²) >= 11 is 0. The first-order valence-electron chi connectivity index (χ1n) is 6.50. The van der Waals surface area contributed by atoms with Crippen molar-refractivity contribution in [3.63, 3.8) is 0 Å². The molecule has 1 amide bonds. The number of carbonyl (C=O) groups is 1. The molecule has 2 aromatic rings. The van der Waals surface area contributed by atoms with E-state index in [1.807, 2.05) is 6.07 Å². The third kappa shape index (κ3) is 4.59. The van der Waals surface area contributed by atoms with Crippen molar-refractivity contribution in [3.05, 3.63) is 42.5 Å². The molecule has 0 saturated heterocycles. The van der Waals surface area contributed by atoms with Gasteiger partial charge in [-0.25, -0.2) is 9.97 Å². The van der Waals surface area contributed by atoms with Gasteiger partial charge in [0.25, 0.3) is 5.91 Å². The molecule has 0 unspecified atom stereocenters. The fourth-order valence-electron chi connectivity index (χ4n) is 1.59. The van der Waals surface area contributed by atoms with Crippen molar-refractivity contribution in [1.82, 2.24) is 20.3 Å². The molecule has 0 aliphatic carbocycles. The van der Waals surface area contributed by atoms with E-state index >= 15 is 0 Å². The minimum absolute atomic E-state index is 0.0302. The number of hydrogen-bond acceptors (Lipinski definition) is 6. The number of aliphatic hydroxyl groups excluding tert-OH is 1. The standard InChI is InChI=1S/C14H16N4O3/c19-5-7-21-6-4-16-14(20)12-9-17-13(18-10-12)11-2-1-3-15-8-11/h1-3,8-10,19H,4-7H2,(H,16,20). The summed E-state index contributed by atoms with van der Waals surface area (Å²) in [6.07, 6.45) is 6.27. The average Bonchev–Trinajstić information content (AvgIpc) is 2.55. The third-order valence-electron chi connectivity index (χ3n) is 2.60. The molecule has 0 radical (unpaired) electrons. The lowest BCUT2D eigenvalue weighted by Gasteiger charge is -2.05. The molecule has 110 valence electrons. The summed E-state index contributed by atoms with van der Waals surface area (Å²) in [4.78, 5) is 24.1. The SMILES string of the molecule is O=C(NCCOCCO)c1cnc(-c2cccnc2)nc1. The first kappa shape index (κ1) is 15.0. The summed E-state index contributed by atoms with van der Waals surface area (Å²) in [7, 11) is 0. The first-order valence-corrected chi connectivity index (χ1v) is 6.50. The molecule has 7 nitrogen and oxygen atoms in total. The van der Waals surface area contributed by atoms with Crippen LogP contribution in [0.2, 0.25) is 0 Å². The number of pyridine rings is 1. The van der Waals surface area contributed by atoms with Crippen LogP contribution in [0, 0.1) is 0 Å². The lowest BCUT2D eigenvalue weighted by Crippen LogP contribution is -2.27. The number of rotatable bonds is 7. The molecular formula is C14H16N4O3. The highest BCUT2D eigenvalue weighted by molar-refractivity contribution is 5.93. The summed E-state index contributed by atoms with van der Waals surface area (Å²) in [5.41, 5.74) is 1.17. The highest BCUT2D eigenvalue weighted by atomic mass is 16.5. The first-order chi connectivity index (χ1) is 10.3. The molecule has 2 rings (SSSR count). The monoisotopic (exact) mass is 288 g/mol. The minimum atomic E-state index is -0.264. The van der Waals surface area contributed by atoms with Gasteiger partial charge >= 0.3 is 0 Å². The van der Waals surface area contributed by atoms with E-state index in [0.717, 1.165) is 5.56 Å². The number of hydrogen-bond donors (Lipinski definition) is 2. The van der Waals surface area contributed by atoms with E-state index in [1.165, 1.54) is 12.4 Å². The number of aromatic nitrogens is 3. The van der Waals surface area contributed by atoms with Crippen molar-refractivity contribution in [2.24, 2.45) is 0 Å². The van der Waals surface area contributed by atoms with E-state index in [9.17, 15) is 4.79 Å². The van der Waals surface area contributed by atoms with Gasteiger partial charge in [0.05, 0.1) is 25.4 Å². The molecular weight excluding hydrogens is 272 g/mol. The van der Waals surface area contributed by atoms with Gasteiger partial charge in [0.1, 0.15) is 0 Å². The summed E-state index contributed by atoms with van der Waals surface area (Å²) in [5.74, 6) is 0.256. The van der Waals surface area contributed by atoms with E-state index < -0.39 is 0 Å². The van der Waals surface area contributed by atoms with Crippen molar-refractivity contribution in [1.29, 1.82) is 0 Å². The van der Waals surface area contributed by atoms with Gasteiger partial charge in [0.15, 0.2) is 5.82 Å². The normalized spacial score (nSPS) is 10.3. The molecule has 7 heteroatoms. The van der Waals surface area contributed by atoms with Crippen molar-refractivity contribution in [3.8, 4) is 11.4 Å². The predicted molar refractivity (Wildman–Crippen MR) is 75.5 cm³/mol. The molecule has 0 aliphatic rings. The lowest BCUT2D eigenvalue weighted by atomic mass is 10.2. The number of amides is 1. The van der Waals surface area contributed by atoms with Crippen molar-refractivity contribution < 1.29 is 14.6 Å². The number of aliphatic hydroxyl groups is 1. The van der Waals surface area contributed by atoms with Crippen molar-refractivity contribution in [2.45, 2.75) is 0 Å². The van der Waals surface area contributed by atoms with E-state index in [0.29, 0.717) is 24.5 Å².